The van der Waals surface area contributed by atoms with Crippen LogP contribution in [0, 0.1) is 5.82 Å². The smallest absolute Gasteiger partial charge is 0.167 e. The third kappa shape index (κ3) is 4.62. The SMILES string of the molecule is CCCC(CC)Nc1cc(OC(C)C)c(F)cc1N. The van der Waals surface area contributed by atoms with Crippen molar-refractivity contribution in [2.75, 3.05) is 11.1 Å². The zero-order valence-corrected chi connectivity index (χ0v) is 12.3. The molecule has 0 spiro atoms. The molecule has 0 heterocycles. The number of ether oxygens (including phenoxy) is 1. The minimum Gasteiger partial charge on any atom is -0.488 e. The van der Waals surface area contributed by atoms with E-state index in [4.69, 9.17) is 10.5 Å². The molecular formula is C15H25FN2O. The van der Waals surface area contributed by atoms with Gasteiger partial charge in [-0.1, -0.05) is 20.3 Å². The van der Waals surface area contributed by atoms with Crippen LogP contribution in [0.3, 0.4) is 0 Å². The highest BCUT2D eigenvalue weighted by Gasteiger charge is 2.13. The molecule has 0 aliphatic carbocycles. The predicted molar refractivity (Wildman–Crippen MR) is 79.2 cm³/mol. The Kier molecular flexibility index (Phi) is 5.93. The first-order valence-electron chi connectivity index (χ1n) is 7.00. The van der Waals surface area contributed by atoms with Gasteiger partial charge in [0.15, 0.2) is 11.6 Å². The molecule has 4 heteroatoms. The van der Waals surface area contributed by atoms with E-state index in [-0.39, 0.29) is 11.9 Å². The number of hydrogen-bond acceptors (Lipinski definition) is 3. The van der Waals surface area contributed by atoms with Crippen LogP contribution in [-0.2, 0) is 0 Å². The van der Waals surface area contributed by atoms with Gasteiger partial charge in [-0.05, 0) is 26.7 Å². The van der Waals surface area contributed by atoms with Crippen LogP contribution in [0.5, 0.6) is 5.75 Å². The second-order valence-electron chi connectivity index (χ2n) is 5.07. The predicted octanol–water partition coefficient (Wildman–Crippen LogP) is 4.19. The summed E-state index contributed by atoms with van der Waals surface area (Å²) in [5, 5.41) is 3.37. The molecule has 0 fully saturated rings. The average Bonchev–Trinajstić information content (AvgIpc) is 2.33. The quantitative estimate of drug-likeness (QED) is 0.729. The second-order valence-corrected chi connectivity index (χ2v) is 5.07. The molecule has 0 saturated heterocycles. The number of nitrogen functional groups attached to an aromatic ring is 1. The van der Waals surface area contributed by atoms with Crippen LogP contribution in [0.25, 0.3) is 0 Å². The molecule has 0 amide bonds. The summed E-state index contributed by atoms with van der Waals surface area (Å²) >= 11 is 0. The van der Waals surface area contributed by atoms with Crippen LogP contribution < -0.4 is 15.8 Å². The molecule has 108 valence electrons. The van der Waals surface area contributed by atoms with E-state index in [0.717, 1.165) is 24.9 Å². The van der Waals surface area contributed by atoms with E-state index in [1.54, 1.807) is 6.07 Å². The maximum atomic E-state index is 13.7. The number of halogens is 1. The van der Waals surface area contributed by atoms with E-state index in [9.17, 15) is 4.39 Å². The summed E-state index contributed by atoms with van der Waals surface area (Å²) in [5.74, 6) is -0.168. The van der Waals surface area contributed by atoms with Gasteiger partial charge in [-0.3, -0.25) is 0 Å². The van der Waals surface area contributed by atoms with Gasteiger partial charge >= 0.3 is 0 Å². The molecule has 3 nitrogen and oxygen atoms in total. The first kappa shape index (κ1) is 15.6. The lowest BCUT2D eigenvalue weighted by molar-refractivity contribution is 0.231. The number of benzene rings is 1. The number of hydrogen-bond donors (Lipinski definition) is 2. The molecular weight excluding hydrogens is 243 g/mol. The Morgan fingerprint density at radius 3 is 2.53 bits per heavy atom. The number of nitrogens with two attached hydrogens (primary N) is 1. The van der Waals surface area contributed by atoms with Crippen molar-refractivity contribution in [3.05, 3.63) is 17.9 Å². The van der Waals surface area contributed by atoms with Crippen molar-refractivity contribution in [1.82, 2.24) is 0 Å². The average molecular weight is 268 g/mol. The Bertz CT molecular complexity index is 407. The van der Waals surface area contributed by atoms with Gasteiger partial charge in [-0.25, -0.2) is 4.39 Å². The zero-order chi connectivity index (χ0) is 14.4. The molecule has 1 atom stereocenters. The van der Waals surface area contributed by atoms with Crippen molar-refractivity contribution in [3.8, 4) is 5.75 Å². The summed E-state index contributed by atoms with van der Waals surface area (Å²) in [6.45, 7) is 8.01. The highest BCUT2D eigenvalue weighted by atomic mass is 19.1. The first-order chi connectivity index (χ1) is 8.97. The van der Waals surface area contributed by atoms with Gasteiger partial charge in [0, 0.05) is 18.2 Å². The highest BCUT2D eigenvalue weighted by Crippen LogP contribution is 2.30. The minimum atomic E-state index is -0.416. The zero-order valence-electron chi connectivity index (χ0n) is 12.3. The summed E-state index contributed by atoms with van der Waals surface area (Å²) in [6.07, 6.45) is 3.10. The Hall–Kier alpha value is -1.45. The lowest BCUT2D eigenvalue weighted by Gasteiger charge is -2.20. The van der Waals surface area contributed by atoms with E-state index in [0.29, 0.717) is 11.7 Å². The molecule has 1 rings (SSSR count). The highest BCUT2D eigenvalue weighted by molar-refractivity contribution is 5.69. The van der Waals surface area contributed by atoms with E-state index >= 15 is 0 Å². The topological polar surface area (TPSA) is 47.3 Å². The molecule has 0 bridgehead atoms. The molecule has 0 aromatic heterocycles. The maximum Gasteiger partial charge on any atom is 0.167 e. The Balaban J connectivity index is 2.93. The van der Waals surface area contributed by atoms with E-state index in [2.05, 4.69) is 19.2 Å². The Labute approximate surface area is 115 Å². The molecule has 0 saturated carbocycles. The summed E-state index contributed by atoms with van der Waals surface area (Å²) in [6, 6.07) is 3.33. The van der Waals surface area contributed by atoms with Crippen LogP contribution >= 0.6 is 0 Å². The largest absolute Gasteiger partial charge is 0.488 e. The molecule has 1 aromatic carbocycles. The van der Waals surface area contributed by atoms with Crippen LogP contribution in [-0.4, -0.2) is 12.1 Å². The molecule has 19 heavy (non-hydrogen) atoms. The van der Waals surface area contributed by atoms with Gasteiger partial charge in [0.1, 0.15) is 0 Å². The van der Waals surface area contributed by atoms with Crippen LogP contribution in [0.15, 0.2) is 12.1 Å². The minimum absolute atomic E-state index is 0.0661. The first-order valence-corrected chi connectivity index (χ1v) is 7.00. The fourth-order valence-corrected chi connectivity index (χ4v) is 1.98. The van der Waals surface area contributed by atoms with Gasteiger partial charge in [0.2, 0.25) is 0 Å². The van der Waals surface area contributed by atoms with Crippen LogP contribution in [0.4, 0.5) is 15.8 Å². The van der Waals surface area contributed by atoms with Crippen molar-refractivity contribution < 1.29 is 9.13 Å². The van der Waals surface area contributed by atoms with Crippen LogP contribution in [0.2, 0.25) is 0 Å². The molecule has 1 aromatic rings. The van der Waals surface area contributed by atoms with Gasteiger partial charge in [-0.15, -0.1) is 0 Å². The van der Waals surface area contributed by atoms with Gasteiger partial charge in [0.05, 0.1) is 17.5 Å². The van der Waals surface area contributed by atoms with Gasteiger partial charge in [-0.2, -0.15) is 0 Å². The molecule has 0 aliphatic rings. The molecule has 0 aliphatic heterocycles. The summed E-state index contributed by atoms with van der Waals surface area (Å²) in [7, 11) is 0. The molecule has 1 unspecified atom stereocenters. The van der Waals surface area contributed by atoms with Crippen molar-refractivity contribution in [2.45, 2.75) is 59.1 Å². The van der Waals surface area contributed by atoms with E-state index in [1.807, 2.05) is 13.8 Å². The monoisotopic (exact) mass is 268 g/mol. The van der Waals surface area contributed by atoms with E-state index in [1.165, 1.54) is 6.07 Å². The van der Waals surface area contributed by atoms with Crippen molar-refractivity contribution >= 4 is 11.4 Å². The van der Waals surface area contributed by atoms with Crippen molar-refractivity contribution in [1.29, 1.82) is 0 Å². The lowest BCUT2D eigenvalue weighted by atomic mass is 10.1. The fraction of sp³-hybridized carbons (Fsp3) is 0.600. The van der Waals surface area contributed by atoms with Gasteiger partial charge < -0.3 is 15.8 Å². The standard InChI is InChI=1S/C15H25FN2O/c1-5-7-11(6-2)18-14-9-15(19-10(3)4)12(16)8-13(14)17/h8-11,18H,5-7,17H2,1-4H3. The number of nitrogens with one attached hydrogen (secondary N) is 1. The van der Waals surface area contributed by atoms with Crippen molar-refractivity contribution in [2.24, 2.45) is 0 Å². The van der Waals surface area contributed by atoms with Gasteiger partial charge in [0.25, 0.3) is 0 Å². The third-order valence-corrected chi connectivity index (χ3v) is 2.96. The third-order valence-electron chi connectivity index (χ3n) is 2.96. The van der Waals surface area contributed by atoms with Crippen LogP contribution in [0.1, 0.15) is 47.0 Å². The summed E-state index contributed by atoms with van der Waals surface area (Å²) < 4.78 is 19.2. The summed E-state index contributed by atoms with van der Waals surface area (Å²) in [5.41, 5.74) is 7.03. The van der Waals surface area contributed by atoms with E-state index < -0.39 is 5.82 Å². The Morgan fingerprint density at radius 1 is 1.32 bits per heavy atom. The fourth-order valence-electron chi connectivity index (χ4n) is 1.98. The molecule has 0 radical (unpaired) electrons. The lowest BCUT2D eigenvalue weighted by Crippen LogP contribution is -2.19. The van der Waals surface area contributed by atoms with Crippen molar-refractivity contribution in [3.63, 3.8) is 0 Å². The summed E-state index contributed by atoms with van der Waals surface area (Å²) in [4.78, 5) is 0. The Morgan fingerprint density at radius 2 is 2.00 bits per heavy atom. The second kappa shape index (κ2) is 7.22. The normalized spacial score (nSPS) is 12.5. The maximum absolute atomic E-state index is 13.7. The molecule has 3 N–H and O–H groups in total. The number of anilines is 2. The number of rotatable bonds is 7.